The normalized spacial score (nSPS) is 24.6. The first-order valence-electron chi connectivity index (χ1n) is 5.78. The first kappa shape index (κ1) is 13.7. The third-order valence-corrected chi connectivity index (χ3v) is 2.79. The summed E-state index contributed by atoms with van der Waals surface area (Å²) in [4.78, 5) is 11.6. The van der Waals surface area contributed by atoms with Gasteiger partial charge in [0.25, 0.3) is 0 Å². The van der Waals surface area contributed by atoms with E-state index in [0.29, 0.717) is 38.2 Å². The molecule has 0 saturated carbocycles. The first-order valence-corrected chi connectivity index (χ1v) is 6.32. The second kappa shape index (κ2) is 7.87. The van der Waals surface area contributed by atoms with Gasteiger partial charge in [-0.05, 0) is 18.8 Å². The van der Waals surface area contributed by atoms with Gasteiger partial charge in [-0.2, -0.15) is 0 Å². The molecule has 2 unspecified atom stereocenters. The highest BCUT2D eigenvalue weighted by Gasteiger charge is 2.30. The first-order chi connectivity index (χ1) is 7.75. The Morgan fingerprint density at radius 2 is 2.38 bits per heavy atom. The lowest BCUT2D eigenvalue weighted by atomic mass is 10.0. The number of rotatable bonds is 7. The van der Waals surface area contributed by atoms with Crippen LogP contribution in [0.3, 0.4) is 0 Å². The van der Waals surface area contributed by atoms with Crippen molar-refractivity contribution >= 4 is 17.5 Å². The Kier molecular flexibility index (Phi) is 6.76. The van der Waals surface area contributed by atoms with Crippen LogP contribution in [-0.4, -0.2) is 44.3 Å². The Morgan fingerprint density at radius 3 is 3.00 bits per heavy atom. The smallest absolute Gasteiger partial charge is 0.249 e. The fourth-order valence-corrected chi connectivity index (χ4v) is 1.78. The molecule has 5 heteroatoms. The summed E-state index contributed by atoms with van der Waals surface area (Å²) in [6.07, 6.45) is 1.52. The molecule has 16 heavy (non-hydrogen) atoms. The van der Waals surface area contributed by atoms with Crippen LogP contribution in [0.5, 0.6) is 0 Å². The fourth-order valence-electron chi connectivity index (χ4n) is 1.67. The number of halogens is 1. The maximum absolute atomic E-state index is 11.6. The van der Waals surface area contributed by atoms with Gasteiger partial charge in [-0.3, -0.25) is 4.79 Å². The van der Waals surface area contributed by atoms with E-state index in [2.05, 4.69) is 5.32 Å². The second-order valence-electron chi connectivity index (χ2n) is 4.00. The van der Waals surface area contributed by atoms with Gasteiger partial charge >= 0.3 is 0 Å². The Balaban J connectivity index is 2.02. The number of amides is 1. The second-order valence-corrected chi connectivity index (χ2v) is 4.38. The van der Waals surface area contributed by atoms with Crippen LogP contribution in [0, 0.1) is 5.92 Å². The third kappa shape index (κ3) is 4.68. The van der Waals surface area contributed by atoms with Crippen LogP contribution < -0.4 is 5.32 Å². The molecule has 0 aromatic heterocycles. The molecule has 1 N–H and O–H groups in total. The highest BCUT2D eigenvalue weighted by atomic mass is 35.5. The Bertz CT molecular complexity index is 213. The van der Waals surface area contributed by atoms with E-state index < -0.39 is 0 Å². The molecule has 0 radical (unpaired) electrons. The molecular formula is C11H20ClNO3. The summed E-state index contributed by atoms with van der Waals surface area (Å²) < 4.78 is 10.6. The molecule has 1 heterocycles. The molecule has 4 nitrogen and oxygen atoms in total. The molecule has 1 aliphatic rings. The van der Waals surface area contributed by atoms with Crippen molar-refractivity contribution < 1.29 is 14.3 Å². The van der Waals surface area contributed by atoms with E-state index in [-0.39, 0.29) is 12.0 Å². The SMILES string of the molecule is CC1CCOC1C(=O)NCCCOCCCl. The molecule has 0 aromatic carbocycles. The molecule has 1 aliphatic heterocycles. The quantitative estimate of drug-likeness (QED) is 0.544. The van der Waals surface area contributed by atoms with Gasteiger partial charge in [0.15, 0.2) is 0 Å². The number of nitrogens with one attached hydrogen (secondary N) is 1. The lowest BCUT2D eigenvalue weighted by Crippen LogP contribution is -2.37. The number of carbonyl (C=O) groups is 1. The Labute approximate surface area is 102 Å². The molecule has 0 aromatic rings. The van der Waals surface area contributed by atoms with E-state index in [9.17, 15) is 4.79 Å². The van der Waals surface area contributed by atoms with E-state index in [0.717, 1.165) is 12.8 Å². The standard InChI is InChI=1S/C11H20ClNO3/c1-9-3-7-16-10(9)11(14)13-5-2-6-15-8-4-12/h9-10H,2-8H2,1H3,(H,13,14). The number of hydrogen-bond donors (Lipinski definition) is 1. The van der Waals surface area contributed by atoms with Crippen LogP contribution >= 0.6 is 11.6 Å². The minimum Gasteiger partial charge on any atom is -0.380 e. The predicted molar refractivity (Wildman–Crippen MR) is 62.7 cm³/mol. The zero-order valence-electron chi connectivity index (χ0n) is 9.71. The highest BCUT2D eigenvalue weighted by molar-refractivity contribution is 6.17. The van der Waals surface area contributed by atoms with Crippen molar-refractivity contribution in [3.05, 3.63) is 0 Å². The van der Waals surface area contributed by atoms with Gasteiger partial charge in [-0.15, -0.1) is 11.6 Å². The van der Waals surface area contributed by atoms with Crippen molar-refractivity contribution in [3.8, 4) is 0 Å². The zero-order valence-corrected chi connectivity index (χ0v) is 10.5. The van der Waals surface area contributed by atoms with Crippen LogP contribution in [0.2, 0.25) is 0 Å². The van der Waals surface area contributed by atoms with E-state index >= 15 is 0 Å². The summed E-state index contributed by atoms with van der Waals surface area (Å²) in [5.74, 6) is 0.842. The molecule has 1 saturated heterocycles. The maximum Gasteiger partial charge on any atom is 0.249 e. The molecule has 1 amide bonds. The highest BCUT2D eigenvalue weighted by Crippen LogP contribution is 2.19. The fraction of sp³-hybridized carbons (Fsp3) is 0.909. The summed E-state index contributed by atoms with van der Waals surface area (Å²) in [5, 5.41) is 2.86. The molecular weight excluding hydrogens is 230 g/mol. The number of carbonyl (C=O) groups excluding carboxylic acids is 1. The lowest BCUT2D eigenvalue weighted by molar-refractivity contribution is -0.131. The van der Waals surface area contributed by atoms with Gasteiger partial charge in [0.1, 0.15) is 6.10 Å². The van der Waals surface area contributed by atoms with Crippen LogP contribution in [0.25, 0.3) is 0 Å². The molecule has 0 bridgehead atoms. The van der Waals surface area contributed by atoms with Crippen molar-refractivity contribution in [2.75, 3.05) is 32.2 Å². The summed E-state index contributed by atoms with van der Waals surface area (Å²) >= 11 is 5.46. The summed E-state index contributed by atoms with van der Waals surface area (Å²) in [6, 6.07) is 0. The van der Waals surface area contributed by atoms with Crippen LogP contribution in [-0.2, 0) is 14.3 Å². The van der Waals surface area contributed by atoms with Crippen molar-refractivity contribution in [1.29, 1.82) is 0 Å². The minimum atomic E-state index is -0.260. The van der Waals surface area contributed by atoms with Gasteiger partial charge in [0, 0.05) is 25.6 Å². The Hall–Kier alpha value is -0.320. The Morgan fingerprint density at radius 1 is 1.56 bits per heavy atom. The summed E-state index contributed by atoms with van der Waals surface area (Å²) in [5.41, 5.74) is 0. The average Bonchev–Trinajstić information content (AvgIpc) is 2.69. The number of hydrogen-bond acceptors (Lipinski definition) is 3. The largest absolute Gasteiger partial charge is 0.380 e. The van der Waals surface area contributed by atoms with E-state index in [1.54, 1.807) is 0 Å². The lowest BCUT2D eigenvalue weighted by Gasteiger charge is -2.14. The van der Waals surface area contributed by atoms with Crippen molar-refractivity contribution in [2.45, 2.75) is 25.9 Å². The van der Waals surface area contributed by atoms with Crippen molar-refractivity contribution in [2.24, 2.45) is 5.92 Å². The molecule has 1 fully saturated rings. The van der Waals surface area contributed by atoms with Crippen LogP contribution in [0.1, 0.15) is 19.8 Å². The minimum absolute atomic E-state index is 0.00217. The molecule has 0 spiro atoms. The van der Waals surface area contributed by atoms with E-state index in [1.807, 2.05) is 6.92 Å². The zero-order chi connectivity index (χ0) is 11.8. The van der Waals surface area contributed by atoms with Crippen LogP contribution in [0.4, 0.5) is 0 Å². The molecule has 94 valence electrons. The maximum atomic E-state index is 11.6. The van der Waals surface area contributed by atoms with Gasteiger partial charge in [0.2, 0.25) is 5.91 Å². The van der Waals surface area contributed by atoms with Crippen molar-refractivity contribution in [1.82, 2.24) is 5.32 Å². The predicted octanol–water partition coefficient (Wildman–Crippen LogP) is 1.17. The topological polar surface area (TPSA) is 47.6 Å². The summed E-state index contributed by atoms with van der Waals surface area (Å²) in [7, 11) is 0. The van der Waals surface area contributed by atoms with E-state index in [1.165, 1.54) is 0 Å². The van der Waals surface area contributed by atoms with Crippen LogP contribution in [0.15, 0.2) is 0 Å². The molecule has 0 aliphatic carbocycles. The molecule has 2 atom stereocenters. The van der Waals surface area contributed by atoms with Gasteiger partial charge in [-0.25, -0.2) is 0 Å². The van der Waals surface area contributed by atoms with Crippen molar-refractivity contribution in [3.63, 3.8) is 0 Å². The van der Waals surface area contributed by atoms with Gasteiger partial charge < -0.3 is 14.8 Å². The number of ether oxygens (including phenoxy) is 2. The summed E-state index contributed by atoms with van der Waals surface area (Å²) in [6.45, 7) is 4.57. The molecule has 1 rings (SSSR count). The monoisotopic (exact) mass is 249 g/mol. The van der Waals surface area contributed by atoms with Gasteiger partial charge in [-0.1, -0.05) is 6.92 Å². The average molecular weight is 250 g/mol. The van der Waals surface area contributed by atoms with Gasteiger partial charge in [0.05, 0.1) is 6.61 Å². The third-order valence-electron chi connectivity index (χ3n) is 2.63. The number of alkyl halides is 1. The van der Waals surface area contributed by atoms with E-state index in [4.69, 9.17) is 21.1 Å².